The van der Waals surface area contributed by atoms with Crippen molar-refractivity contribution in [1.82, 2.24) is 14.4 Å². The summed E-state index contributed by atoms with van der Waals surface area (Å²) in [6.45, 7) is 0. The second-order valence-corrected chi connectivity index (χ2v) is 4.89. The van der Waals surface area contributed by atoms with Gasteiger partial charge in [0.1, 0.15) is 5.65 Å². The molecule has 0 radical (unpaired) electrons. The summed E-state index contributed by atoms with van der Waals surface area (Å²) in [6.07, 6.45) is 5.87. The summed E-state index contributed by atoms with van der Waals surface area (Å²) in [7, 11) is 0. The minimum atomic E-state index is 0.954. The highest BCUT2D eigenvalue weighted by Crippen LogP contribution is 2.24. The zero-order valence-corrected chi connectivity index (χ0v) is 11.3. The highest BCUT2D eigenvalue weighted by Gasteiger charge is 2.06. The average molecular weight is 271 g/mol. The van der Waals surface area contributed by atoms with Crippen LogP contribution in [-0.2, 0) is 0 Å². The summed E-state index contributed by atoms with van der Waals surface area (Å²) in [5.74, 6) is 0. The van der Waals surface area contributed by atoms with Crippen molar-refractivity contribution in [2.45, 2.75) is 0 Å². The number of rotatable bonds is 2. The van der Waals surface area contributed by atoms with Crippen LogP contribution in [0.25, 0.3) is 28.2 Å². The van der Waals surface area contributed by atoms with Crippen LogP contribution in [-0.4, -0.2) is 14.4 Å². The van der Waals surface area contributed by atoms with Gasteiger partial charge in [0, 0.05) is 29.7 Å². The van der Waals surface area contributed by atoms with Crippen molar-refractivity contribution < 1.29 is 0 Å². The molecule has 0 fully saturated rings. The first-order chi connectivity index (χ1) is 10.4. The van der Waals surface area contributed by atoms with E-state index < -0.39 is 0 Å². The SMILES string of the molecule is c1ccc(-c2cccc(-c3cn4ccccc4n3)c2)nc1. The zero-order chi connectivity index (χ0) is 14.1. The maximum absolute atomic E-state index is 4.66. The van der Waals surface area contributed by atoms with E-state index in [0.29, 0.717) is 0 Å². The first kappa shape index (κ1) is 11.9. The lowest BCUT2D eigenvalue weighted by atomic mass is 10.1. The molecule has 0 N–H and O–H groups in total. The van der Waals surface area contributed by atoms with Crippen molar-refractivity contribution in [2.75, 3.05) is 0 Å². The van der Waals surface area contributed by atoms with E-state index in [1.165, 1.54) is 0 Å². The molecule has 0 saturated carbocycles. The van der Waals surface area contributed by atoms with E-state index in [1.807, 2.05) is 65.5 Å². The maximum atomic E-state index is 4.66. The predicted molar refractivity (Wildman–Crippen MR) is 83.9 cm³/mol. The van der Waals surface area contributed by atoms with E-state index in [4.69, 9.17) is 0 Å². The normalized spacial score (nSPS) is 10.9. The Morgan fingerprint density at radius 3 is 2.43 bits per heavy atom. The third-order valence-electron chi connectivity index (χ3n) is 3.48. The Hall–Kier alpha value is -2.94. The molecule has 0 aliphatic carbocycles. The molecule has 4 aromatic rings. The Balaban J connectivity index is 1.82. The molecule has 3 heterocycles. The van der Waals surface area contributed by atoms with Gasteiger partial charge in [-0.3, -0.25) is 4.98 Å². The summed E-state index contributed by atoms with van der Waals surface area (Å²) in [6, 6.07) is 20.3. The van der Waals surface area contributed by atoms with Crippen molar-refractivity contribution >= 4 is 5.65 Å². The predicted octanol–water partition coefficient (Wildman–Crippen LogP) is 4.06. The molecule has 0 unspecified atom stereocenters. The van der Waals surface area contributed by atoms with E-state index in [-0.39, 0.29) is 0 Å². The molecule has 0 spiro atoms. The molecule has 0 saturated heterocycles. The van der Waals surface area contributed by atoms with E-state index in [2.05, 4.69) is 28.2 Å². The Bertz CT molecular complexity index is 861. The fourth-order valence-electron chi connectivity index (χ4n) is 2.45. The smallest absolute Gasteiger partial charge is 0.137 e. The van der Waals surface area contributed by atoms with Crippen LogP contribution in [0, 0.1) is 0 Å². The van der Waals surface area contributed by atoms with E-state index in [1.54, 1.807) is 0 Å². The van der Waals surface area contributed by atoms with Gasteiger partial charge in [-0.2, -0.15) is 0 Å². The van der Waals surface area contributed by atoms with E-state index in [0.717, 1.165) is 28.2 Å². The molecule has 0 atom stereocenters. The molecule has 1 aromatic carbocycles. The number of hydrogen-bond acceptors (Lipinski definition) is 2. The fraction of sp³-hybridized carbons (Fsp3) is 0. The van der Waals surface area contributed by atoms with Crippen LogP contribution in [0.3, 0.4) is 0 Å². The van der Waals surface area contributed by atoms with Crippen LogP contribution in [0.4, 0.5) is 0 Å². The third-order valence-corrected chi connectivity index (χ3v) is 3.48. The van der Waals surface area contributed by atoms with Gasteiger partial charge in [-0.1, -0.05) is 30.3 Å². The van der Waals surface area contributed by atoms with Crippen molar-refractivity contribution in [3.05, 3.63) is 79.3 Å². The highest BCUT2D eigenvalue weighted by molar-refractivity contribution is 5.70. The number of nitrogens with zero attached hydrogens (tertiary/aromatic N) is 3. The van der Waals surface area contributed by atoms with Crippen molar-refractivity contribution in [2.24, 2.45) is 0 Å². The lowest BCUT2D eigenvalue weighted by Gasteiger charge is -2.02. The number of pyridine rings is 2. The lowest BCUT2D eigenvalue weighted by Crippen LogP contribution is -1.83. The highest BCUT2D eigenvalue weighted by atomic mass is 15.0. The minimum Gasteiger partial charge on any atom is -0.306 e. The third kappa shape index (κ3) is 2.19. The molecule has 0 bridgehead atoms. The molecule has 0 aliphatic heterocycles. The van der Waals surface area contributed by atoms with Crippen LogP contribution in [0.1, 0.15) is 0 Å². The Morgan fingerprint density at radius 2 is 1.62 bits per heavy atom. The number of fused-ring (bicyclic) bond motifs is 1. The Morgan fingerprint density at radius 1 is 0.762 bits per heavy atom. The van der Waals surface area contributed by atoms with Gasteiger partial charge < -0.3 is 4.40 Å². The summed E-state index contributed by atoms with van der Waals surface area (Å²) >= 11 is 0. The van der Waals surface area contributed by atoms with Gasteiger partial charge in [0.15, 0.2) is 0 Å². The number of imidazole rings is 1. The molecular formula is C18H13N3. The minimum absolute atomic E-state index is 0.954. The van der Waals surface area contributed by atoms with Crippen LogP contribution in [0.5, 0.6) is 0 Å². The van der Waals surface area contributed by atoms with Gasteiger partial charge in [0.05, 0.1) is 11.4 Å². The molecule has 0 aliphatic rings. The molecule has 3 nitrogen and oxygen atoms in total. The van der Waals surface area contributed by atoms with Crippen molar-refractivity contribution in [3.8, 4) is 22.5 Å². The standard InChI is InChI=1S/C18H13N3/c1-3-10-19-16(8-1)14-6-5-7-15(12-14)17-13-21-11-4-2-9-18(21)20-17/h1-13H. The summed E-state index contributed by atoms with van der Waals surface area (Å²) < 4.78 is 2.03. The van der Waals surface area contributed by atoms with Gasteiger partial charge in [-0.25, -0.2) is 4.98 Å². The second-order valence-electron chi connectivity index (χ2n) is 4.89. The summed E-state index contributed by atoms with van der Waals surface area (Å²) in [4.78, 5) is 9.06. The van der Waals surface area contributed by atoms with E-state index >= 15 is 0 Å². The molecule has 100 valence electrons. The Kier molecular flexibility index (Phi) is 2.75. The van der Waals surface area contributed by atoms with Crippen LogP contribution >= 0.6 is 0 Å². The van der Waals surface area contributed by atoms with Gasteiger partial charge >= 0.3 is 0 Å². The van der Waals surface area contributed by atoms with Crippen LogP contribution in [0.15, 0.2) is 79.3 Å². The average Bonchev–Trinajstić information content (AvgIpc) is 3.00. The fourth-order valence-corrected chi connectivity index (χ4v) is 2.45. The summed E-state index contributed by atoms with van der Waals surface area (Å²) in [5, 5.41) is 0. The number of aromatic nitrogens is 3. The molecule has 3 heteroatoms. The summed E-state index contributed by atoms with van der Waals surface area (Å²) in [5.41, 5.74) is 5.10. The lowest BCUT2D eigenvalue weighted by molar-refractivity contribution is 1.19. The van der Waals surface area contributed by atoms with Crippen LogP contribution in [0.2, 0.25) is 0 Å². The largest absolute Gasteiger partial charge is 0.306 e. The second kappa shape index (κ2) is 4.87. The maximum Gasteiger partial charge on any atom is 0.137 e. The first-order valence-electron chi connectivity index (χ1n) is 6.86. The van der Waals surface area contributed by atoms with Gasteiger partial charge in [0.2, 0.25) is 0 Å². The molecule has 3 aromatic heterocycles. The quantitative estimate of drug-likeness (QED) is 0.550. The zero-order valence-electron chi connectivity index (χ0n) is 11.3. The molecule has 4 rings (SSSR count). The number of hydrogen-bond donors (Lipinski definition) is 0. The molecular weight excluding hydrogens is 258 g/mol. The number of benzene rings is 1. The topological polar surface area (TPSA) is 30.2 Å². The van der Waals surface area contributed by atoms with Crippen molar-refractivity contribution in [1.29, 1.82) is 0 Å². The first-order valence-corrected chi connectivity index (χ1v) is 6.86. The van der Waals surface area contributed by atoms with Gasteiger partial charge in [-0.05, 0) is 30.3 Å². The van der Waals surface area contributed by atoms with Crippen LogP contribution < -0.4 is 0 Å². The monoisotopic (exact) mass is 271 g/mol. The molecule has 0 amide bonds. The van der Waals surface area contributed by atoms with Gasteiger partial charge in [-0.15, -0.1) is 0 Å². The van der Waals surface area contributed by atoms with Crippen molar-refractivity contribution in [3.63, 3.8) is 0 Å². The Labute approximate surface area is 122 Å². The van der Waals surface area contributed by atoms with Gasteiger partial charge in [0.25, 0.3) is 0 Å². The van der Waals surface area contributed by atoms with E-state index in [9.17, 15) is 0 Å². The molecule has 21 heavy (non-hydrogen) atoms.